The highest BCUT2D eigenvalue weighted by molar-refractivity contribution is 5.94. The summed E-state index contributed by atoms with van der Waals surface area (Å²) in [5.74, 6) is -0.247. The molecule has 0 aliphatic carbocycles. The number of hydrogen-bond donors (Lipinski definition) is 1. The number of aromatic nitrogens is 4. The van der Waals surface area contributed by atoms with Crippen molar-refractivity contribution in [2.24, 2.45) is 7.05 Å². The Bertz CT molecular complexity index is 702. The van der Waals surface area contributed by atoms with Crippen LogP contribution < -0.4 is 5.32 Å². The van der Waals surface area contributed by atoms with Crippen LogP contribution >= 0.6 is 0 Å². The second-order valence-corrected chi connectivity index (χ2v) is 5.27. The molecular weight excluding hydrogens is 311 g/mol. The molecule has 2 heterocycles. The van der Waals surface area contributed by atoms with Crippen LogP contribution in [-0.2, 0) is 19.8 Å². The summed E-state index contributed by atoms with van der Waals surface area (Å²) in [5, 5.41) is 10.2. The summed E-state index contributed by atoms with van der Waals surface area (Å²) in [7, 11) is 1.74. The van der Waals surface area contributed by atoms with Gasteiger partial charge in [-0.05, 0) is 26.3 Å². The van der Waals surface area contributed by atoms with E-state index < -0.39 is 11.9 Å². The first kappa shape index (κ1) is 17.0. The Morgan fingerprint density at radius 3 is 2.57 bits per heavy atom. The van der Waals surface area contributed by atoms with Gasteiger partial charge < -0.3 is 5.32 Å². The third-order valence-corrected chi connectivity index (χ3v) is 3.58. The number of nitrogens with one attached hydrogen (secondary N) is 1. The van der Waals surface area contributed by atoms with Gasteiger partial charge in [-0.3, -0.25) is 14.2 Å². The monoisotopic (exact) mass is 329 g/mol. The molecule has 1 amide bonds. The van der Waals surface area contributed by atoms with Crippen molar-refractivity contribution < 1.29 is 18.0 Å². The van der Waals surface area contributed by atoms with Crippen molar-refractivity contribution in [3.05, 3.63) is 34.9 Å². The van der Waals surface area contributed by atoms with Gasteiger partial charge in [-0.25, -0.2) is 0 Å². The lowest BCUT2D eigenvalue weighted by molar-refractivity contribution is -0.141. The van der Waals surface area contributed by atoms with Crippen LogP contribution in [0.3, 0.4) is 0 Å². The van der Waals surface area contributed by atoms with E-state index in [4.69, 9.17) is 0 Å². The van der Waals surface area contributed by atoms with E-state index in [9.17, 15) is 18.0 Å². The van der Waals surface area contributed by atoms with E-state index in [0.717, 1.165) is 11.8 Å². The van der Waals surface area contributed by atoms with Gasteiger partial charge in [-0.1, -0.05) is 0 Å². The van der Waals surface area contributed by atoms with Crippen LogP contribution in [0.25, 0.3) is 0 Å². The Balaban J connectivity index is 1.85. The highest BCUT2D eigenvalue weighted by Gasteiger charge is 2.34. The summed E-state index contributed by atoms with van der Waals surface area (Å²) >= 11 is 0. The minimum absolute atomic E-state index is 0.247. The smallest absolute Gasteiger partial charge is 0.352 e. The fraction of sp³-hybridized carbons (Fsp3) is 0.500. The van der Waals surface area contributed by atoms with E-state index in [-0.39, 0.29) is 5.91 Å². The molecule has 0 fully saturated rings. The Kier molecular flexibility index (Phi) is 4.76. The topological polar surface area (TPSA) is 64.7 Å². The highest BCUT2D eigenvalue weighted by atomic mass is 19.4. The number of hydrogen-bond acceptors (Lipinski definition) is 3. The summed E-state index contributed by atoms with van der Waals surface area (Å²) in [4.78, 5) is 12.0. The fourth-order valence-electron chi connectivity index (χ4n) is 2.12. The number of rotatable bonds is 5. The quantitative estimate of drug-likeness (QED) is 0.854. The van der Waals surface area contributed by atoms with Crippen LogP contribution in [0.5, 0.6) is 0 Å². The van der Waals surface area contributed by atoms with Gasteiger partial charge in [0.1, 0.15) is 0 Å². The first-order chi connectivity index (χ1) is 10.7. The molecule has 2 aromatic rings. The molecule has 126 valence electrons. The molecule has 0 saturated carbocycles. The first-order valence-corrected chi connectivity index (χ1v) is 7.08. The molecule has 23 heavy (non-hydrogen) atoms. The SMILES string of the molecule is Cc1c(C(=O)NCCCn2nc(C(F)(F)F)cc2C)cnn1C. The van der Waals surface area contributed by atoms with Crippen LogP contribution in [0.2, 0.25) is 0 Å². The Hall–Kier alpha value is -2.32. The second-order valence-electron chi connectivity index (χ2n) is 5.27. The minimum Gasteiger partial charge on any atom is -0.352 e. The van der Waals surface area contributed by atoms with E-state index in [1.807, 2.05) is 0 Å². The minimum atomic E-state index is -4.44. The molecule has 0 atom stereocenters. The third kappa shape index (κ3) is 3.91. The molecule has 1 N–H and O–H groups in total. The fourth-order valence-corrected chi connectivity index (χ4v) is 2.12. The van der Waals surface area contributed by atoms with Crippen molar-refractivity contribution in [1.82, 2.24) is 24.9 Å². The standard InChI is InChI=1S/C14H18F3N5O/c1-9-7-12(14(15,16)17)20-22(9)6-4-5-18-13(23)11-8-19-21(3)10(11)2/h7-8H,4-6H2,1-3H3,(H,18,23). The van der Waals surface area contributed by atoms with Gasteiger partial charge in [-0.2, -0.15) is 23.4 Å². The van der Waals surface area contributed by atoms with E-state index in [1.165, 1.54) is 10.9 Å². The van der Waals surface area contributed by atoms with Gasteiger partial charge >= 0.3 is 6.18 Å². The lowest BCUT2D eigenvalue weighted by Gasteiger charge is -2.07. The maximum absolute atomic E-state index is 12.6. The molecule has 0 aliphatic heterocycles. The molecular formula is C14H18F3N5O. The van der Waals surface area contributed by atoms with Crippen molar-refractivity contribution in [2.45, 2.75) is 33.0 Å². The largest absolute Gasteiger partial charge is 0.435 e. The average Bonchev–Trinajstić information content (AvgIpc) is 2.99. The predicted octanol–water partition coefficient (Wildman–Crippen LogP) is 2.07. The molecule has 0 aliphatic rings. The summed E-state index contributed by atoms with van der Waals surface area (Å²) in [5.41, 5.74) is 0.777. The van der Waals surface area contributed by atoms with Crippen LogP contribution in [0.4, 0.5) is 13.2 Å². The normalized spacial score (nSPS) is 11.7. The number of carbonyl (C=O) groups is 1. The Labute approximate surface area is 131 Å². The maximum atomic E-state index is 12.6. The van der Waals surface area contributed by atoms with Gasteiger partial charge in [0.05, 0.1) is 11.8 Å². The second kappa shape index (κ2) is 6.43. The van der Waals surface area contributed by atoms with E-state index in [1.54, 1.807) is 25.6 Å². The lowest BCUT2D eigenvalue weighted by Crippen LogP contribution is -2.26. The number of amides is 1. The van der Waals surface area contributed by atoms with Crippen LogP contribution in [0.15, 0.2) is 12.3 Å². The van der Waals surface area contributed by atoms with Crippen LogP contribution in [0.1, 0.15) is 33.9 Å². The summed E-state index contributed by atoms with van der Waals surface area (Å²) < 4.78 is 40.6. The van der Waals surface area contributed by atoms with Crippen molar-refractivity contribution in [2.75, 3.05) is 6.54 Å². The zero-order valence-electron chi connectivity index (χ0n) is 13.1. The molecule has 0 radical (unpaired) electrons. The summed E-state index contributed by atoms with van der Waals surface area (Å²) in [6.07, 6.45) is -2.48. The summed E-state index contributed by atoms with van der Waals surface area (Å²) in [6, 6.07) is 1.01. The molecule has 0 aromatic carbocycles. The van der Waals surface area contributed by atoms with Crippen molar-refractivity contribution in [3.63, 3.8) is 0 Å². The number of halogens is 3. The Morgan fingerprint density at radius 1 is 1.35 bits per heavy atom. The number of carbonyl (C=O) groups excluding carboxylic acids is 1. The molecule has 6 nitrogen and oxygen atoms in total. The summed E-state index contributed by atoms with van der Waals surface area (Å²) in [6.45, 7) is 4.00. The van der Waals surface area contributed by atoms with Gasteiger partial charge in [0.2, 0.25) is 0 Å². The average molecular weight is 329 g/mol. The van der Waals surface area contributed by atoms with Gasteiger partial charge in [-0.15, -0.1) is 0 Å². The van der Waals surface area contributed by atoms with Crippen molar-refractivity contribution in [3.8, 4) is 0 Å². The van der Waals surface area contributed by atoms with E-state index in [2.05, 4.69) is 15.5 Å². The van der Waals surface area contributed by atoms with E-state index in [0.29, 0.717) is 30.8 Å². The number of nitrogens with zero attached hydrogens (tertiary/aromatic N) is 4. The molecule has 9 heteroatoms. The number of aryl methyl sites for hydroxylation is 3. The van der Waals surface area contributed by atoms with Crippen molar-refractivity contribution >= 4 is 5.91 Å². The molecule has 0 spiro atoms. The zero-order valence-corrected chi connectivity index (χ0v) is 13.1. The molecule has 0 saturated heterocycles. The molecule has 2 rings (SSSR count). The van der Waals surface area contributed by atoms with Crippen LogP contribution in [0, 0.1) is 13.8 Å². The third-order valence-electron chi connectivity index (χ3n) is 3.58. The molecule has 0 bridgehead atoms. The van der Waals surface area contributed by atoms with Gasteiger partial charge in [0.25, 0.3) is 5.91 Å². The van der Waals surface area contributed by atoms with Crippen molar-refractivity contribution in [1.29, 1.82) is 0 Å². The predicted molar refractivity (Wildman–Crippen MR) is 76.9 cm³/mol. The van der Waals surface area contributed by atoms with E-state index >= 15 is 0 Å². The van der Waals surface area contributed by atoms with Gasteiger partial charge in [0, 0.05) is 31.5 Å². The molecule has 0 unspecified atom stereocenters. The van der Waals surface area contributed by atoms with Gasteiger partial charge in [0.15, 0.2) is 5.69 Å². The lowest BCUT2D eigenvalue weighted by atomic mass is 10.2. The zero-order chi connectivity index (χ0) is 17.2. The highest BCUT2D eigenvalue weighted by Crippen LogP contribution is 2.28. The Morgan fingerprint density at radius 2 is 2.04 bits per heavy atom. The molecule has 2 aromatic heterocycles. The number of alkyl halides is 3. The van der Waals surface area contributed by atoms with Crippen LogP contribution in [-0.4, -0.2) is 32.0 Å². The maximum Gasteiger partial charge on any atom is 0.435 e. The first-order valence-electron chi connectivity index (χ1n) is 7.08.